The zero-order valence-electron chi connectivity index (χ0n) is 17.2. The summed E-state index contributed by atoms with van der Waals surface area (Å²) in [5, 5.41) is 0. The summed E-state index contributed by atoms with van der Waals surface area (Å²) in [6.45, 7) is 6.42. The first-order valence-electron chi connectivity index (χ1n) is 9.71. The molecule has 0 heterocycles. The lowest BCUT2D eigenvalue weighted by Crippen LogP contribution is -2.24. The SMILES string of the molecule is CCCCOc1ccc(C(F)(F)F)c(C(=O)C(=O)OC)c1C1=CCC(C)(C)CC1. The highest BCUT2D eigenvalue weighted by Gasteiger charge is 2.40. The van der Waals surface area contributed by atoms with Gasteiger partial charge in [-0.1, -0.05) is 33.3 Å². The predicted molar refractivity (Wildman–Crippen MR) is 104 cm³/mol. The minimum Gasteiger partial charge on any atom is -0.493 e. The predicted octanol–water partition coefficient (Wildman–Crippen LogP) is 5.83. The molecule has 0 unspecified atom stereocenters. The van der Waals surface area contributed by atoms with Gasteiger partial charge in [0.05, 0.1) is 24.8 Å². The monoisotopic (exact) mass is 412 g/mol. The summed E-state index contributed by atoms with van der Waals surface area (Å²) in [4.78, 5) is 24.6. The number of hydrogen-bond acceptors (Lipinski definition) is 4. The van der Waals surface area contributed by atoms with Crippen molar-refractivity contribution in [1.29, 1.82) is 0 Å². The van der Waals surface area contributed by atoms with Crippen molar-refractivity contribution in [2.24, 2.45) is 5.41 Å². The fraction of sp³-hybridized carbons (Fsp3) is 0.545. The third-order valence-corrected chi connectivity index (χ3v) is 5.12. The number of ketones is 1. The van der Waals surface area contributed by atoms with E-state index in [4.69, 9.17) is 4.74 Å². The Morgan fingerprint density at radius 1 is 1.21 bits per heavy atom. The molecule has 2 rings (SSSR count). The standard InChI is InChI=1S/C22H27F3O4/c1-5-6-13-29-16-8-7-15(22(23,24)25)18(19(26)20(27)28-4)17(16)14-9-11-21(2,3)12-10-14/h7-9H,5-6,10-13H2,1-4H3. The van der Waals surface area contributed by atoms with Crippen LogP contribution in [-0.2, 0) is 15.7 Å². The molecule has 7 heteroatoms. The first-order valence-corrected chi connectivity index (χ1v) is 9.71. The molecule has 1 aromatic rings. The summed E-state index contributed by atoms with van der Waals surface area (Å²) in [6.07, 6.45) is 0.492. The Balaban J connectivity index is 2.73. The van der Waals surface area contributed by atoms with Gasteiger partial charge in [0.1, 0.15) is 5.75 Å². The lowest BCUT2D eigenvalue weighted by molar-refractivity contribution is -0.138. The van der Waals surface area contributed by atoms with E-state index in [2.05, 4.69) is 18.6 Å². The van der Waals surface area contributed by atoms with Gasteiger partial charge in [0.15, 0.2) is 0 Å². The molecular weight excluding hydrogens is 385 g/mol. The third kappa shape index (κ3) is 5.40. The van der Waals surface area contributed by atoms with E-state index in [-0.39, 0.29) is 16.7 Å². The van der Waals surface area contributed by atoms with E-state index in [0.29, 0.717) is 31.4 Å². The fourth-order valence-electron chi connectivity index (χ4n) is 3.32. The quantitative estimate of drug-likeness (QED) is 0.245. The Kier molecular flexibility index (Phi) is 7.14. The lowest BCUT2D eigenvalue weighted by Gasteiger charge is -2.30. The molecule has 0 saturated carbocycles. The van der Waals surface area contributed by atoms with Gasteiger partial charge in [0.2, 0.25) is 0 Å². The van der Waals surface area contributed by atoms with Crippen LogP contribution < -0.4 is 4.74 Å². The maximum absolute atomic E-state index is 13.7. The van der Waals surface area contributed by atoms with Crippen LogP contribution in [0.15, 0.2) is 18.2 Å². The Morgan fingerprint density at radius 2 is 1.90 bits per heavy atom. The van der Waals surface area contributed by atoms with Crippen LogP contribution in [0.1, 0.15) is 74.4 Å². The molecule has 29 heavy (non-hydrogen) atoms. The van der Waals surface area contributed by atoms with Crippen LogP contribution in [0, 0.1) is 5.41 Å². The molecule has 0 spiro atoms. The maximum atomic E-state index is 13.7. The summed E-state index contributed by atoms with van der Waals surface area (Å²) < 4.78 is 51.3. The topological polar surface area (TPSA) is 52.6 Å². The van der Waals surface area contributed by atoms with Crippen molar-refractivity contribution in [3.8, 4) is 5.75 Å². The van der Waals surface area contributed by atoms with Crippen LogP contribution in [0.2, 0.25) is 0 Å². The zero-order chi connectivity index (χ0) is 21.8. The number of methoxy groups -OCH3 is 1. The van der Waals surface area contributed by atoms with Gasteiger partial charge in [-0.25, -0.2) is 4.79 Å². The number of rotatable bonds is 7. The van der Waals surface area contributed by atoms with Crippen molar-refractivity contribution in [1.82, 2.24) is 0 Å². The molecule has 1 aliphatic rings. The first kappa shape index (κ1) is 23.0. The minimum atomic E-state index is -4.80. The highest BCUT2D eigenvalue weighted by molar-refractivity contribution is 6.42. The van der Waals surface area contributed by atoms with E-state index in [1.54, 1.807) is 0 Å². The molecule has 0 aromatic heterocycles. The minimum absolute atomic E-state index is 0.0148. The first-order chi connectivity index (χ1) is 13.5. The Bertz CT molecular complexity index is 807. The van der Waals surface area contributed by atoms with Crippen LogP contribution in [0.25, 0.3) is 5.57 Å². The molecule has 1 aliphatic carbocycles. The van der Waals surface area contributed by atoms with Crippen molar-refractivity contribution in [3.63, 3.8) is 0 Å². The number of esters is 1. The molecule has 0 N–H and O–H groups in total. The van der Waals surface area contributed by atoms with Crippen molar-refractivity contribution < 1.29 is 32.2 Å². The number of benzene rings is 1. The largest absolute Gasteiger partial charge is 0.493 e. The summed E-state index contributed by atoms with van der Waals surface area (Å²) in [5.41, 5.74) is -1.18. The van der Waals surface area contributed by atoms with Gasteiger partial charge in [-0.05, 0) is 48.8 Å². The molecule has 0 aliphatic heterocycles. The molecule has 0 radical (unpaired) electrons. The van der Waals surface area contributed by atoms with Crippen LogP contribution in [0.3, 0.4) is 0 Å². The number of allylic oxidation sites excluding steroid dienone is 2. The van der Waals surface area contributed by atoms with E-state index < -0.39 is 29.1 Å². The van der Waals surface area contributed by atoms with E-state index >= 15 is 0 Å². The number of carbonyl (C=O) groups is 2. The fourth-order valence-corrected chi connectivity index (χ4v) is 3.32. The molecule has 0 amide bonds. The zero-order valence-corrected chi connectivity index (χ0v) is 17.2. The van der Waals surface area contributed by atoms with Gasteiger partial charge in [-0.3, -0.25) is 4.79 Å². The van der Waals surface area contributed by atoms with Crippen molar-refractivity contribution in [3.05, 3.63) is 34.9 Å². The second kappa shape index (κ2) is 9.01. The van der Waals surface area contributed by atoms with Crippen LogP contribution >= 0.6 is 0 Å². The normalized spacial score (nSPS) is 16.2. The number of halogens is 3. The molecule has 0 saturated heterocycles. The maximum Gasteiger partial charge on any atom is 0.417 e. The van der Waals surface area contributed by atoms with Crippen molar-refractivity contribution >= 4 is 17.3 Å². The molecule has 4 nitrogen and oxygen atoms in total. The summed E-state index contributed by atoms with van der Waals surface area (Å²) in [6, 6.07) is 2.04. The van der Waals surface area contributed by atoms with Crippen LogP contribution in [0.5, 0.6) is 5.75 Å². The Labute approximate surface area is 169 Å². The van der Waals surface area contributed by atoms with Crippen LogP contribution in [0.4, 0.5) is 13.2 Å². The summed E-state index contributed by atoms with van der Waals surface area (Å²) >= 11 is 0. The highest BCUT2D eigenvalue weighted by atomic mass is 19.4. The average Bonchev–Trinajstić information content (AvgIpc) is 2.66. The van der Waals surface area contributed by atoms with Gasteiger partial charge in [0.25, 0.3) is 5.78 Å². The second-order valence-electron chi connectivity index (χ2n) is 7.98. The van der Waals surface area contributed by atoms with Gasteiger partial charge >= 0.3 is 12.1 Å². The summed E-state index contributed by atoms with van der Waals surface area (Å²) in [5.74, 6) is -2.47. The van der Waals surface area contributed by atoms with Gasteiger partial charge in [-0.15, -0.1) is 0 Å². The van der Waals surface area contributed by atoms with Crippen molar-refractivity contribution in [2.45, 2.75) is 59.1 Å². The molecule has 0 atom stereocenters. The molecular formula is C22H27F3O4. The van der Waals surface area contributed by atoms with Crippen molar-refractivity contribution in [2.75, 3.05) is 13.7 Å². The lowest BCUT2D eigenvalue weighted by atomic mass is 9.75. The Hall–Kier alpha value is -2.31. The van der Waals surface area contributed by atoms with E-state index in [9.17, 15) is 22.8 Å². The van der Waals surface area contributed by atoms with Gasteiger partial charge in [-0.2, -0.15) is 13.2 Å². The average molecular weight is 412 g/mol. The van der Waals surface area contributed by atoms with Gasteiger partial charge in [0, 0.05) is 5.56 Å². The van der Waals surface area contributed by atoms with Gasteiger partial charge < -0.3 is 9.47 Å². The number of carbonyl (C=O) groups excluding carboxylic acids is 2. The second-order valence-corrected chi connectivity index (χ2v) is 7.98. The van der Waals surface area contributed by atoms with E-state index in [0.717, 1.165) is 26.0 Å². The van der Waals surface area contributed by atoms with Crippen LogP contribution in [-0.4, -0.2) is 25.5 Å². The van der Waals surface area contributed by atoms with E-state index in [1.165, 1.54) is 6.07 Å². The number of hydrogen-bond donors (Lipinski definition) is 0. The third-order valence-electron chi connectivity index (χ3n) is 5.12. The molecule has 0 fully saturated rings. The highest BCUT2D eigenvalue weighted by Crippen LogP contribution is 2.45. The molecule has 1 aromatic carbocycles. The molecule has 160 valence electrons. The smallest absolute Gasteiger partial charge is 0.417 e. The number of unbranched alkanes of at least 4 members (excludes halogenated alkanes) is 1. The van der Waals surface area contributed by atoms with E-state index in [1.807, 2.05) is 13.0 Å². The Morgan fingerprint density at radius 3 is 2.41 bits per heavy atom. The molecule has 0 bridgehead atoms. The number of alkyl halides is 3. The summed E-state index contributed by atoms with van der Waals surface area (Å²) in [7, 11) is 0.969. The number of ether oxygens (including phenoxy) is 2. The number of Topliss-reactive ketones (excluding diaryl/α,β-unsaturated/α-hetero) is 1.